The first-order valence-corrected chi connectivity index (χ1v) is 8.58. The maximum absolute atomic E-state index is 12.1. The fourth-order valence-corrected chi connectivity index (χ4v) is 2.74. The van der Waals surface area contributed by atoms with Crippen molar-refractivity contribution in [1.82, 2.24) is 5.32 Å². The molecule has 0 radical (unpaired) electrons. The first-order chi connectivity index (χ1) is 12.4. The third kappa shape index (κ3) is 5.55. The predicted molar refractivity (Wildman–Crippen MR) is 102 cm³/mol. The summed E-state index contributed by atoms with van der Waals surface area (Å²) in [6.45, 7) is 5.63. The van der Waals surface area contributed by atoms with Gasteiger partial charge >= 0.3 is 0 Å². The van der Waals surface area contributed by atoms with Gasteiger partial charge in [-0.3, -0.25) is 14.4 Å². The van der Waals surface area contributed by atoms with Crippen molar-refractivity contribution in [3.63, 3.8) is 0 Å². The number of ketones is 1. The average Bonchev–Trinajstić information content (AvgIpc) is 2.58. The summed E-state index contributed by atoms with van der Waals surface area (Å²) in [6, 6.07) is 14.8. The van der Waals surface area contributed by atoms with Gasteiger partial charge in [0.2, 0.25) is 11.8 Å². The van der Waals surface area contributed by atoms with Crippen LogP contribution in [0.15, 0.2) is 48.5 Å². The molecule has 0 atom stereocenters. The van der Waals surface area contributed by atoms with Crippen LogP contribution in [-0.2, 0) is 16.0 Å². The number of anilines is 1. The van der Waals surface area contributed by atoms with E-state index in [1.807, 2.05) is 31.2 Å². The molecule has 0 aromatic heterocycles. The fraction of sp³-hybridized carbons (Fsp3) is 0.286. The van der Waals surface area contributed by atoms with Gasteiger partial charge in [0.25, 0.3) is 0 Å². The molecule has 0 aliphatic carbocycles. The first kappa shape index (κ1) is 19.4. The van der Waals surface area contributed by atoms with E-state index in [1.165, 1.54) is 13.8 Å². The van der Waals surface area contributed by atoms with Crippen molar-refractivity contribution in [2.75, 3.05) is 18.0 Å². The molecule has 2 rings (SSSR count). The summed E-state index contributed by atoms with van der Waals surface area (Å²) >= 11 is 0. The summed E-state index contributed by atoms with van der Waals surface area (Å²) in [5, 5.41) is 2.84. The van der Waals surface area contributed by atoms with E-state index in [0.717, 1.165) is 11.1 Å². The fourth-order valence-electron chi connectivity index (χ4n) is 2.74. The molecule has 5 heteroatoms. The molecule has 136 valence electrons. The average molecular weight is 352 g/mol. The van der Waals surface area contributed by atoms with Crippen LogP contribution in [0, 0.1) is 6.92 Å². The minimum atomic E-state index is -0.140. The van der Waals surface area contributed by atoms with Crippen molar-refractivity contribution in [1.29, 1.82) is 0 Å². The molecule has 1 N–H and O–H groups in total. The van der Waals surface area contributed by atoms with Crippen LogP contribution in [0.25, 0.3) is 0 Å². The number of hydrogen-bond donors (Lipinski definition) is 1. The number of amides is 2. The minimum Gasteiger partial charge on any atom is -0.354 e. The predicted octanol–water partition coefficient (Wildman–Crippen LogP) is 2.91. The summed E-state index contributed by atoms with van der Waals surface area (Å²) in [7, 11) is 0. The van der Waals surface area contributed by atoms with Crippen molar-refractivity contribution >= 4 is 23.3 Å². The van der Waals surface area contributed by atoms with E-state index in [4.69, 9.17) is 0 Å². The Morgan fingerprint density at radius 2 is 1.73 bits per heavy atom. The lowest BCUT2D eigenvalue weighted by Gasteiger charge is -2.22. The molecule has 2 aromatic carbocycles. The van der Waals surface area contributed by atoms with Crippen LogP contribution >= 0.6 is 0 Å². The lowest BCUT2D eigenvalue weighted by atomic mass is 10.1. The van der Waals surface area contributed by atoms with E-state index in [0.29, 0.717) is 30.8 Å². The molecule has 0 saturated heterocycles. The van der Waals surface area contributed by atoms with Crippen LogP contribution in [0.1, 0.15) is 35.3 Å². The molecule has 0 heterocycles. The van der Waals surface area contributed by atoms with Gasteiger partial charge in [0.05, 0.1) is 6.42 Å². The third-order valence-electron chi connectivity index (χ3n) is 4.05. The molecule has 0 unspecified atom stereocenters. The Morgan fingerprint density at radius 3 is 2.38 bits per heavy atom. The second kappa shape index (κ2) is 8.94. The monoisotopic (exact) mass is 352 g/mol. The number of rotatable bonds is 7. The largest absolute Gasteiger partial charge is 0.354 e. The molecule has 0 aliphatic rings. The van der Waals surface area contributed by atoms with Gasteiger partial charge in [-0.2, -0.15) is 0 Å². The van der Waals surface area contributed by atoms with E-state index in [2.05, 4.69) is 5.32 Å². The highest BCUT2D eigenvalue weighted by atomic mass is 16.2. The maximum Gasteiger partial charge on any atom is 0.224 e. The highest BCUT2D eigenvalue weighted by Crippen LogP contribution is 2.16. The quantitative estimate of drug-likeness (QED) is 0.779. The smallest absolute Gasteiger partial charge is 0.224 e. The Kier molecular flexibility index (Phi) is 6.67. The van der Waals surface area contributed by atoms with E-state index < -0.39 is 0 Å². The van der Waals surface area contributed by atoms with E-state index in [-0.39, 0.29) is 17.6 Å². The SMILES string of the molecule is CC(=O)c1cccc(N(CCNC(=O)Cc2cccc(C)c2)C(C)=O)c1. The normalized spacial score (nSPS) is 10.3. The van der Waals surface area contributed by atoms with Gasteiger partial charge in [0, 0.05) is 31.3 Å². The van der Waals surface area contributed by atoms with Crippen LogP contribution in [0.4, 0.5) is 5.69 Å². The molecule has 0 saturated carbocycles. The van der Waals surface area contributed by atoms with E-state index >= 15 is 0 Å². The van der Waals surface area contributed by atoms with Gasteiger partial charge < -0.3 is 10.2 Å². The Bertz CT molecular complexity index is 814. The maximum atomic E-state index is 12.1. The molecule has 0 aliphatic heterocycles. The Hall–Kier alpha value is -2.95. The van der Waals surface area contributed by atoms with Gasteiger partial charge in [0.1, 0.15) is 0 Å². The third-order valence-corrected chi connectivity index (χ3v) is 4.05. The molecule has 2 aromatic rings. The van der Waals surface area contributed by atoms with Crippen molar-refractivity contribution in [2.24, 2.45) is 0 Å². The summed E-state index contributed by atoms with van der Waals surface area (Å²) < 4.78 is 0. The number of Topliss-reactive ketones (excluding diaryl/α,β-unsaturated/α-hetero) is 1. The Morgan fingerprint density at radius 1 is 1.00 bits per heavy atom. The number of nitrogens with one attached hydrogen (secondary N) is 1. The summed E-state index contributed by atoms with van der Waals surface area (Å²) in [5.41, 5.74) is 3.28. The second-order valence-corrected chi connectivity index (χ2v) is 6.29. The Labute approximate surface area is 154 Å². The van der Waals surface area contributed by atoms with E-state index in [1.54, 1.807) is 29.2 Å². The number of aryl methyl sites for hydroxylation is 1. The number of carbonyl (C=O) groups excluding carboxylic acids is 3. The zero-order valence-electron chi connectivity index (χ0n) is 15.4. The van der Waals surface area contributed by atoms with Crippen LogP contribution in [0.5, 0.6) is 0 Å². The van der Waals surface area contributed by atoms with Crippen molar-refractivity contribution in [3.8, 4) is 0 Å². The lowest BCUT2D eigenvalue weighted by molar-refractivity contribution is -0.121. The van der Waals surface area contributed by atoms with E-state index in [9.17, 15) is 14.4 Å². The number of hydrogen-bond acceptors (Lipinski definition) is 3. The van der Waals surface area contributed by atoms with Crippen LogP contribution in [0.2, 0.25) is 0 Å². The summed E-state index contributed by atoms with van der Waals surface area (Å²) in [6.07, 6.45) is 0.307. The first-order valence-electron chi connectivity index (χ1n) is 8.58. The molecule has 0 spiro atoms. The highest BCUT2D eigenvalue weighted by molar-refractivity contribution is 5.97. The minimum absolute atomic E-state index is 0.0539. The van der Waals surface area contributed by atoms with Gasteiger partial charge in [0.15, 0.2) is 5.78 Å². The van der Waals surface area contributed by atoms with Gasteiger partial charge in [-0.1, -0.05) is 42.0 Å². The zero-order valence-corrected chi connectivity index (χ0v) is 15.4. The molecule has 0 bridgehead atoms. The highest BCUT2D eigenvalue weighted by Gasteiger charge is 2.13. The summed E-state index contributed by atoms with van der Waals surface area (Å²) in [5.74, 6) is -0.281. The standard InChI is InChI=1S/C21H24N2O3/c1-15-6-4-7-18(12-15)13-21(26)22-10-11-23(17(3)25)20-9-5-8-19(14-20)16(2)24/h4-9,12,14H,10-11,13H2,1-3H3,(H,22,26). The molecular weight excluding hydrogens is 328 g/mol. The van der Waals surface area contributed by atoms with Crippen LogP contribution in [-0.4, -0.2) is 30.7 Å². The van der Waals surface area contributed by atoms with Crippen molar-refractivity contribution in [2.45, 2.75) is 27.2 Å². The van der Waals surface area contributed by atoms with Crippen molar-refractivity contribution < 1.29 is 14.4 Å². The topological polar surface area (TPSA) is 66.5 Å². The second-order valence-electron chi connectivity index (χ2n) is 6.29. The lowest BCUT2D eigenvalue weighted by Crippen LogP contribution is -2.38. The molecule has 5 nitrogen and oxygen atoms in total. The summed E-state index contributed by atoms with van der Waals surface area (Å²) in [4.78, 5) is 37.1. The molecule has 0 fully saturated rings. The molecule has 26 heavy (non-hydrogen) atoms. The van der Waals surface area contributed by atoms with Gasteiger partial charge in [-0.05, 0) is 31.5 Å². The van der Waals surface area contributed by atoms with Crippen LogP contribution < -0.4 is 10.2 Å². The number of nitrogens with zero attached hydrogens (tertiary/aromatic N) is 1. The zero-order chi connectivity index (χ0) is 19.1. The number of carbonyl (C=O) groups is 3. The number of benzene rings is 2. The Balaban J connectivity index is 1.94. The van der Waals surface area contributed by atoms with Gasteiger partial charge in [-0.15, -0.1) is 0 Å². The van der Waals surface area contributed by atoms with Crippen molar-refractivity contribution in [3.05, 3.63) is 65.2 Å². The molecular formula is C21H24N2O3. The van der Waals surface area contributed by atoms with Gasteiger partial charge in [-0.25, -0.2) is 0 Å². The molecule has 2 amide bonds. The van der Waals surface area contributed by atoms with Crippen LogP contribution in [0.3, 0.4) is 0 Å².